The lowest BCUT2D eigenvalue weighted by Gasteiger charge is -2.25. The molecule has 138 valence electrons. The van der Waals surface area contributed by atoms with Gasteiger partial charge in [0.25, 0.3) is 11.5 Å². The Morgan fingerprint density at radius 3 is 2.52 bits per heavy atom. The van der Waals surface area contributed by atoms with Crippen molar-refractivity contribution in [2.24, 2.45) is 0 Å². The van der Waals surface area contributed by atoms with Gasteiger partial charge in [-0.05, 0) is 50.5 Å². The Kier molecular flexibility index (Phi) is 4.48. The molecular weight excluding hydrogens is 340 g/mol. The molecule has 1 atom stereocenters. The van der Waals surface area contributed by atoms with Crippen LogP contribution in [0.25, 0.3) is 10.8 Å². The maximum atomic E-state index is 13.5. The van der Waals surface area contributed by atoms with Crippen LogP contribution in [-0.2, 0) is 0 Å². The van der Waals surface area contributed by atoms with E-state index in [4.69, 9.17) is 0 Å². The predicted molar refractivity (Wildman–Crippen MR) is 104 cm³/mol. The number of fused-ring (bicyclic) bond motifs is 1. The zero-order valence-corrected chi connectivity index (χ0v) is 15.5. The molecule has 2 aromatic heterocycles. The topological polar surface area (TPSA) is 68.1 Å². The SMILES string of the molecule is CC(C)n1nc(C(=O)N2CCCC2c2ccncc2)c2ccccc2c1=O. The van der Waals surface area contributed by atoms with Crippen LogP contribution < -0.4 is 5.56 Å². The molecule has 1 aliphatic heterocycles. The zero-order valence-electron chi connectivity index (χ0n) is 15.5. The molecular formula is C21H22N4O2. The van der Waals surface area contributed by atoms with Gasteiger partial charge in [-0.1, -0.05) is 18.2 Å². The molecule has 0 radical (unpaired) electrons. The lowest BCUT2D eigenvalue weighted by Crippen LogP contribution is -2.34. The second-order valence-corrected chi connectivity index (χ2v) is 7.17. The van der Waals surface area contributed by atoms with E-state index in [0.717, 1.165) is 18.4 Å². The Balaban J connectivity index is 1.83. The summed E-state index contributed by atoms with van der Waals surface area (Å²) in [6.45, 7) is 4.47. The molecule has 4 rings (SSSR count). The fourth-order valence-electron chi connectivity index (χ4n) is 3.79. The molecule has 0 N–H and O–H groups in total. The van der Waals surface area contributed by atoms with Gasteiger partial charge < -0.3 is 4.90 Å². The van der Waals surface area contributed by atoms with Crippen LogP contribution in [0.3, 0.4) is 0 Å². The highest BCUT2D eigenvalue weighted by Gasteiger charge is 2.32. The molecule has 0 spiro atoms. The van der Waals surface area contributed by atoms with Crippen molar-refractivity contribution in [3.63, 3.8) is 0 Å². The monoisotopic (exact) mass is 362 g/mol. The predicted octanol–water partition coefficient (Wildman–Crippen LogP) is 3.35. The normalized spacial score (nSPS) is 17.0. The van der Waals surface area contributed by atoms with E-state index in [1.165, 1.54) is 4.68 Å². The van der Waals surface area contributed by atoms with Gasteiger partial charge in [0.05, 0.1) is 17.5 Å². The van der Waals surface area contributed by atoms with Gasteiger partial charge in [-0.3, -0.25) is 14.6 Å². The highest BCUT2D eigenvalue weighted by molar-refractivity contribution is 6.05. The number of rotatable bonds is 3. The number of carbonyl (C=O) groups excluding carboxylic acids is 1. The van der Waals surface area contributed by atoms with Crippen molar-refractivity contribution in [2.45, 2.75) is 38.8 Å². The van der Waals surface area contributed by atoms with Gasteiger partial charge in [-0.2, -0.15) is 5.10 Å². The van der Waals surface area contributed by atoms with Crippen LogP contribution in [0.4, 0.5) is 0 Å². The van der Waals surface area contributed by atoms with Gasteiger partial charge in [-0.25, -0.2) is 4.68 Å². The van der Waals surface area contributed by atoms with Crippen LogP contribution in [0, 0.1) is 0 Å². The number of hydrogen-bond acceptors (Lipinski definition) is 4. The second-order valence-electron chi connectivity index (χ2n) is 7.17. The highest BCUT2D eigenvalue weighted by atomic mass is 16.2. The van der Waals surface area contributed by atoms with Gasteiger partial charge in [0.15, 0.2) is 5.69 Å². The molecule has 6 nitrogen and oxygen atoms in total. The van der Waals surface area contributed by atoms with E-state index in [1.807, 2.05) is 43.0 Å². The van der Waals surface area contributed by atoms with Crippen molar-refractivity contribution in [3.8, 4) is 0 Å². The summed E-state index contributed by atoms with van der Waals surface area (Å²) in [5.41, 5.74) is 1.27. The Morgan fingerprint density at radius 2 is 1.81 bits per heavy atom. The lowest BCUT2D eigenvalue weighted by molar-refractivity contribution is 0.0729. The maximum absolute atomic E-state index is 13.5. The van der Waals surface area contributed by atoms with Crippen LogP contribution in [0.15, 0.2) is 53.6 Å². The lowest BCUT2D eigenvalue weighted by atomic mass is 10.1. The summed E-state index contributed by atoms with van der Waals surface area (Å²) in [5, 5.41) is 5.62. The first-order valence-corrected chi connectivity index (χ1v) is 9.30. The van der Waals surface area contributed by atoms with Crippen molar-refractivity contribution in [1.82, 2.24) is 19.7 Å². The third-order valence-corrected chi connectivity index (χ3v) is 5.12. The molecule has 1 fully saturated rings. The molecule has 1 unspecified atom stereocenters. The number of nitrogens with zero attached hydrogens (tertiary/aromatic N) is 4. The molecule has 0 saturated carbocycles. The Hall–Kier alpha value is -3.02. The maximum Gasteiger partial charge on any atom is 0.275 e. The first-order valence-electron chi connectivity index (χ1n) is 9.30. The molecule has 3 heterocycles. The summed E-state index contributed by atoms with van der Waals surface area (Å²) >= 11 is 0. The Bertz CT molecular complexity index is 1040. The van der Waals surface area contributed by atoms with E-state index in [-0.39, 0.29) is 23.6 Å². The van der Waals surface area contributed by atoms with Crippen LogP contribution >= 0.6 is 0 Å². The fourth-order valence-corrected chi connectivity index (χ4v) is 3.79. The zero-order chi connectivity index (χ0) is 19.0. The minimum atomic E-state index is -0.163. The first-order chi connectivity index (χ1) is 13.1. The quantitative estimate of drug-likeness (QED) is 0.716. The second kappa shape index (κ2) is 6.95. The van der Waals surface area contributed by atoms with E-state index in [1.54, 1.807) is 24.5 Å². The molecule has 0 aliphatic carbocycles. The number of aromatic nitrogens is 3. The molecule has 1 aliphatic rings. The summed E-state index contributed by atoms with van der Waals surface area (Å²) < 4.78 is 1.41. The first kappa shape index (κ1) is 17.4. The Morgan fingerprint density at radius 1 is 1.11 bits per heavy atom. The average Bonchev–Trinajstić information content (AvgIpc) is 3.18. The Labute approximate surface area is 157 Å². The van der Waals surface area contributed by atoms with Gasteiger partial charge in [0.2, 0.25) is 0 Å². The number of pyridine rings is 1. The number of carbonyl (C=O) groups is 1. The number of benzene rings is 1. The van der Waals surface area contributed by atoms with Gasteiger partial charge in [0.1, 0.15) is 0 Å². The summed E-state index contributed by atoms with van der Waals surface area (Å²) in [7, 11) is 0. The van der Waals surface area contributed by atoms with Crippen LogP contribution in [-0.4, -0.2) is 32.1 Å². The third kappa shape index (κ3) is 3.01. The smallest absolute Gasteiger partial charge is 0.275 e. The number of hydrogen-bond donors (Lipinski definition) is 0. The van der Waals surface area contributed by atoms with Crippen molar-refractivity contribution >= 4 is 16.7 Å². The summed E-state index contributed by atoms with van der Waals surface area (Å²) in [5.74, 6) is -0.125. The van der Waals surface area contributed by atoms with E-state index >= 15 is 0 Å². The van der Waals surface area contributed by atoms with Crippen molar-refractivity contribution in [2.75, 3.05) is 6.54 Å². The largest absolute Gasteiger partial charge is 0.330 e. The molecule has 6 heteroatoms. The van der Waals surface area contributed by atoms with Crippen LogP contribution in [0.1, 0.15) is 54.8 Å². The highest BCUT2D eigenvalue weighted by Crippen LogP contribution is 2.33. The summed E-state index contributed by atoms with van der Waals surface area (Å²) in [6.07, 6.45) is 5.36. The minimum Gasteiger partial charge on any atom is -0.330 e. The van der Waals surface area contributed by atoms with Gasteiger partial charge >= 0.3 is 0 Å². The van der Waals surface area contributed by atoms with Crippen LogP contribution in [0.5, 0.6) is 0 Å². The van der Waals surface area contributed by atoms with Gasteiger partial charge in [-0.15, -0.1) is 0 Å². The fraction of sp³-hybridized carbons (Fsp3) is 0.333. The van der Waals surface area contributed by atoms with Crippen LogP contribution in [0.2, 0.25) is 0 Å². The molecule has 0 bridgehead atoms. The molecule has 1 amide bonds. The molecule has 3 aromatic rings. The van der Waals surface area contributed by atoms with Crippen molar-refractivity contribution < 1.29 is 4.79 Å². The molecule has 27 heavy (non-hydrogen) atoms. The standard InChI is InChI=1S/C21H22N4O2/c1-14(2)25-20(26)17-7-4-3-6-16(17)19(23-25)21(27)24-13-5-8-18(24)15-9-11-22-12-10-15/h3-4,6-7,9-12,14,18H,5,8,13H2,1-2H3. The number of likely N-dealkylation sites (tertiary alicyclic amines) is 1. The average molecular weight is 362 g/mol. The molecule has 1 saturated heterocycles. The van der Waals surface area contributed by atoms with E-state index in [2.05, 4.69) is 10.1 Å². The van der Waals surface area contributed by atoms with E-state index in [0.29, 0.717) is 23.0 Å². The third-order valence-electron chi connectivity index (χ3n) is 5.12. The van der Waals surface area contributed by atoms with E-state index < -0.39 is 0 Å². The van der Waals surface area contributed by atoms with E-state index in [9.17, 15) is 9.59 Å². The minimum absolute atomic E-state index is 0.0143. The van der Waals surface area contributed by atoms with Crippen molar-refractivity contribution in [3.05, 3.63) is 70.4 Å². The van der Waals surface area contributed by atoms with Gasteiger partial charge in [0, 0.05) is 24.3 Å². The summed E-state index contributed by atoms with van der Waals surface area (Å²) in [6, 6.07) is 11.0. The van der Waals surface area contributed by atoms with Crippen molar-refractivity contribution in [1.29, 1.82) is 0 Å². The molecule has 1 aromatic carbocycles. The summed E-state index contributed by atoms with van der Waals surface area (Å²) in [4.78, 5) is 32.1. The number of amides is 1.